The van der Waals surface area contributed by atoms with E-state index in [-0.39, 0.29) is 5.91 Å². The standard InChI is InChI=1S/C13H12BrN3O/c1-8-2-4-10(7-16-8)17-13(18)9-3-5-11(14)12(15)6-9/h2-7H,15H2,1H3,(H,17,18). The molecule has 1 amide bonds. The number of nitrogens with one attached hydrogen (secondary N) is 1. The van der Waals surface area contributed by atoms with E-state index in [0.717, 1.165) is 10.2 Å². The molecule has 0 aliphatic rings. The van der Waals surface area contributed by atoms with Crippen LogP contribution in [0.5, 0.6) is 0 Å². The zero-order chi connectivity index (χ0) is 13.1. The van der Waals surface area contributed by atoms with E-state index < -0.39 is 0 Å². The van der Waals surface area contributed by atoms with Crippen LogP contribution in [-0.4, -0.2) is 10.9 Å². The summed E-state index contributed by atoms with van der Waals surface area (Å²) in [6.45, 7) is 1.89. The van der Waals surface area contributed by atoms with E-state index in [0.29, 0.717) is 16.9 Å². The Morgan fingerprint density at radius 3 is 2.72 bits per heavy atom. The third-order valence-electron chi connectivity index (χ3n) is 2.43. The molecule has 0 aliphatic carbocycles. The van der Waals surface area contributed by atoms with Crippen molar-refractivity contribution < 1.29 is 4.79 Å². The predicted molar refractivity (Wildman–Crippen MR) is 75.5 cm³/mol. The van der Waals surface area contributed by atoms with E-state index in [4.69, 9.17) is 5.73 Å². The van der Waals surface area contributed by atoms with Gasteiger partial charge in [-0.3, -0.25) is 9.78 Å². The molecule has 0 aliphatic heterocycles. The number of anilines is 2. The Labute approximate surface area is 113 Å². The number of carbonyl (C=O) groups excluding carboxylic acids is 1. The summed E-state index contributed by atoms with van der Waals surface area (Å²) in [7, 11) is 0. The normalized spacial score (nSPS) is 10.1. The second kappa shape index (κ2) is 5.18. The number of aryl methyl sites for hydroxylation is 1. The highest BCUT2D eigenvalue weighted by molar-refractivity contribution is 9.10. The van der Waals surface area contributed by atoms with Crippen LogP contribution < -0.4 is 11.1 Å². The van der Waals surface area contributed by atoms with Crippen LogP contribution >= 0.6 is 15.9 Å². The minimum atomic E-state index is -0.208. The maximum absolute atomic E-state index is 12.0. The number of benzene rings is 1. The highest BCUT2D eigenvalue weighted by Gasteiger charge is 2.07. The van der Waals surface area contributed by atoms with E-state index in [2.05, 4.69) is 26.2 Å². The summed E-state index contributed by atoms with van der Waals surface area (Å²) < 4.78 is 0.774. The summed E-state index contributed by atoms with van der Waals surface area (Å²) >= 11 is 3.29. The fourth-order valence-electron chi connectivity index (χ4n) is 1.43. The Morgan fingerprint density at radius 2 is 2.11 bits per heavy atom. The number of halogens is 1. The zero-order valence-electron chi connectivity index (χ0n) is 9.77. The Hall–Kier alpha value is -1.88. The molecular formula is C13H12BrN3O. The van der Waals surface area contributed by atoms with Crippen molar-refractivity contribution in [1.82, 2.24) is 4.98 Å². The van der Waals surface area contributed by atoms with Crippen molar-refractivity contribution in [2.75, 3.05) is 11.1 Å². The molecule has 3 N–H and O–H groups in total. The van der Waals surface area contributed by atoms with Crippen LogP contribution in [-0.2, 0) is 0 Å². The van der Waals surface area contributed by atoms with E-state index in [1.54, 1.807) is 24.4 Å². The van der Waals surface area contributed by atoms with Gasteiger partial charge in [-0.15, -0.1) is 0 Å². The number of hydrogen-bond acceptors (Lipinski definition) is 3. The number of hydrogen-bond donors (Lipinski definition) is 2. The van der Waals surface area contributed by atoms with Gasteiger partial charge in [-0.25, -0.2) is 0 Å². The first-order chi connectivity index (χ1) is 8.56. The van der Waals surface area contributed by atoms with Crippen LogP contribution in [0.3, 0.4) is 0 Å². The highest BCUT2D eigenvalue weighted by Crippen LogP contribution is 2.20. The molecule has 0 saturated heterocycles. The smallest absolute Gasteiger partial charge is 0.255 e. The third kappa shape index (κ3) is 2.87. The molecule has 0 unspecified atom stereocenters. The number of nitrogens with zero attached hydrogens (tertiary/aromatic N) is 1. The minimum absolute atomic E-state index is 0.208. The van der Waals surface area contributed by atoms with Crippen molar-refractivity contribution >= 4 is 33.2 Å². The molecule has 18 heavy (non-hydrogen) atoms. The minimum Gasteiger partial charge on any atom is -0.398 e. The van der Waals surface area contributed by atoms with Crippen LogP contribution in [0.4, 0.5) is 11.4 Å². The summed E-state index contributed by atoms with van der Waals surface area (Å²) in [4.78, 5) is 16.1. The van der Waals surface area contributed by atoms with Crippen LogP contribution in [0.2, 0.25) is 0 Å². The number of nitrogen functional groups attached to an aromatic ring is 1. The number of carbonyl (C=O) groups is 1. The van der Waals surface area contributed by atoms with Gasteiger partial charge in [0.15, 0.2) is 0 Å². The predicted octanol–water partition coefficient (Wildman–Crippen LogP) is 2.99. The zero-order valence-corrected chi connectivity index (χ0v) is 11.4. The van der Waals surface area contributed by atoms with Crippen molar-refractivity contribution in [3.8, 4) is 0 Å². The quantitative estimate of drug-likeness (QED) is 0.838. The Bertz CT molecular complexity index is 581. The second-order valence-electron chi connectivity index (χ2n) is 3.88. The molecule has 0 atom stereocenters. The Balaban J connectivity index is 2.16. The average molecular weight is 306 g/mol. The molecule has 2 rings (SSSR count). The average Bonchev–Trinajstić information content (AvgIpc) is 2.35. The molecular weight excluding hydrogens is 294 g/mol. The fraction of sp³-hybridized carbons (Fsp3) is 0.0769. The second-order valence-corrected chi connectivity index (χ2v) is 4.73. The first kappa shape index (κ1) is 12.6. The van der Waals surface area contributed by atoms with Crippen LogP contribution in [0, 0.1) is 6.92 Å². The number of pyridine rings is 1. The Kier molecular flexibility index (Phi) is 3.62. The van der Waals surface area contributed by atoms with Crippen LogP contribution in [0.1, 0.15) is 16.1 Å². The van der Waals surface area contributed by atoms with Gasteiger partial charge in [-0.05, 0) is 53.2 Å². The van der Waals surface area contributed by atoms with E-state index in [1.807, 2.05) is 19.1 Å². The van der Waals surface area contributed by atoms with Gasteiger partial charge in [0.05, 0.1) is 11.9 Å². The summed E-state index contributed by atoms with van der Waals surface area (Å²) in [6, 6.07) is 8.73. The number of amides is 1. The van der Waals surface area contributed by atoms with Gasteiger partial charge in [-0.1, -0.05) is 0 Å². The first-order valence-electron chi connectivity index (χ1n) is 5.35. The van der Waals surface area contributed by atoms with Crippen molar-refractivity contribution in [3.05, 3.63) is 52.3 Å². The molecule has 5 heteroatoms. The lowest BCUT2D eigenvalue weighted by Gasteiger charge is -2.06. The maximum Gasteiger partial charge on any atom is 0.255 e. The van der Waals surface area contributed by atoms with Gasteiger partial charge in [0.1, 0.15) is 0 Å². The van der Waals surface area contributed by atoms with Crippen LogP contribution in [0.15, 0.2) is 41.0 Å². The van der Waals surface area contributed by atoms with Gasteiger partial charge < -0.3 is 11.1 Å². The molecule has 4 nitrogen and oxygen atoms in total. The molecule has 1 aromatic carbocycles. The van der Waals surface area contributed by atoms with Crippen molar-refractivity contribution in [1.29, 1.82) is 0 Å². The van der Waals surface area contributed by atoms with Gasteiger partial charge in [0.25, 0.3) is 5.91 Å². The van der Waals surface area contributed by atoms with E-state index in [9.17, 15) is 4.79 Å². The van der Waals surface area contributed by atoms with Gasteiger partial charge in [0, 0.05) is 21.4 Å². The largest absolute Gasteiger partial charge is 0.398 e. The summed E-state index contributed by atoms with van der Waals surface area (Å²) in [5.74, 6) is -0.208. The Morgan fingerprint density at radius 1 is 1.33 bits per heavy atom. The molecule has 92 valence electrons. The van der Waals surface area contributed by atoms with Crippen molar-refractivity contribution in [2.45, 2.75) is 6.92 Å². The van der Waals surface area contributed by atoms with E-state index in [1.165, 1.54) is 0 Å². The molecule has 0 radical (unpaired) electrons. The first-order valence-corrected chi connectivity index (χ1v) is 6.14. The fourth-order valence-corrected chi connectivity index (χ4v) is 1.68. The number of aromatic nitrogens is 1. The summed E-state index contributed by atoms with van der Waals surface area (Å²) in [5.41, 5.74) is 8.34. The van der Waals surface area contributed by atoms with Gasteiger partial charge in [0.2, 0.25) is 0 Å². The lowest BCUT2D eigenvalue weighted by atomic mass is 10.2. The maximum atomic E-state index is 12.0. The topological polar surface area (TPSA) is 68.0 Å². The summed E-state index contributed by atoms with van der Waals surface area (Å²) in [6.07, 6.45) is 1.62. The molecule has 0 bridgehead atoms. The SMILES string of the molecule is Cc1ccc(NC(=O)c2ccc(Br)c(N)c2)cn1. The molecule has 2 aromatic rings. The van der Waals surface area contributed by atoms with Crippen molar-refractivity contribution in [3.63, 3.8) is 0 Å². The van der Waals surface area contributed by atoms with Gasteiger partial charge in [-0.2, -0.15) is 0 Å². The molecule has 1 heterocycles. The van der Waals surface area contributed by atoms with E-state index >= 15 is 0 Å². The van der Waals surface area contributed by atoms with Crippen molar-refractivity contribution in [2.24, 2.45) is 0 Å². The molecule has 0 saturated carbocycles. The number of rotatable bonds is 2. The monoisotopic (exact) mass is 305 g/mol. The highest BCUT2D eigenvalue weighted by atomic mass is 79.9. The van der Waals surface area contributed by atoms with Gasteiger partial charge >= 0.3 is 0 Å². The molecule has 0 spiro atoms. The third-order valence-corrected chi connectivity index (χ3v) is 3.15. The molecule has 0 fully saturated rings. The lowest BCUT2D eigenvalue weighted by molar-refractivity contribution is 0.102. The number of nitrogens with two attached hydrogens (primary N) is 1. The van der Waals surface area contributed by atoms with Crippen LogP contribution in [0.25, 0.3) is 0 Å². The summed E-state index contributed by atoms with van der Waals surface area (Å²) in [5, 5.41) is 2.76. The lowest BCUT2D eigenvalue weighted by Crippen LogP contribution is -2.12. The molecule has 1 aromatic heterocycles.